The first-order valence-electron chi connectivity index (χ1n) is 8.40. The van der Waals surface area contributed by atoms with Crippen LogP contribution in [0, 0.1) is 0 Å². The molecular weight excluding hydrogens is 268 g/mol. The lowest BCUT2D eigenvalue weighted by Gasteiger charge is -2.44. The Bertz CT molecular complexity index is 368. The van der Waals surface area contributed by atoms with E-state index in [1.807, 2.05) is 6.92 Å². The molecule has 3 aliphatic rings. The van der Waals surface area contributed by atoms with E-state index < -0.39 is 5.54 Å². The number of carbonyl (C=O) groups is 1. The molecule has 0 saturated carbocycles. The first kappa shape index (κ1) is 15.3. The molecule has 5 heteroatoms. The molecule has 0 aromatic rings. The predicted molar refractivity (Wildman–Crippen MR) is 80.1 cm³/mol. The van der Waals surface area contributed by atoms with Crippen LogP contribution in [0.15, 0.2) is 0 Å². The van der Waals surface area contributed by atoms with Gasteiger partial charge in [-0.15, -0.1) is 0 Å². The summed E-state index contributed by atoms with van der Waals surface area (Å²) >= 11 is 0. The zero-order valence-electron chi connectivity index (χ0n) is 13.3. The van der Waals surface area contributed by atoms with Gasteiger partial charge in [0.05, 0.1) is 12.7 Å². The van der Waals surface area contributed by atoms with Crippen LogP contribution in [0.25, 0.3) is 0 Å². The zero-order valence-corrected chi connectivity index (χ0v) is 13.3. The summed E-state index contributed by atoms with van der Waals surface area (Å²) in [6.07, 6.45) is 6.62. The number of nitrogens with zero attached hydrogens (tertiary/aromatic N) is 1. The lowest BCUT2D eigenvalue weighted by atomic mass is 9.82. The summed E-state index contributed by atoms with van der Waals surface area (Å²) in [7, 11) is 2.19. The van der Waals surface area contributed by atoms with Gasteiger partial charge in [0.2, 0.25) is 0 Å². The van der Waals surface area contributed by atoms with Gasteiger partial charge in [0.25, 0.3) is 0 Å². The number of fused-ring (bicyclic) bond motifs is 2. The standard InChI is InChI=1S/C16H28N2O3/c1-3-20-15(19)16(17-11-14-5-4-8-21-14)9-12-6-7-13(10-16)18(12)2/h12-14,17H,3-11H2,1-2H3. The highest BCUT2D eigenvalue weighted by Gasteiger charge is 2.51. The van der Waals surface area contributed by atoms with Crippen molar-refractivity contribution in [3.63, 3.8) is 0 Å². The number of piperidine rings is 1. The summed E-state index contributed by atoms with van der Waals surface area (Å²) < 4.78 is 11.1. The molecule has 3 heterocycles. The van der Waals surface area contributed by atoms with Gasteiger partial charge in [0.1, 0.15) is 5.54 Å². The maximum atomic E-state index is 12.6. The molecule has 0 amide bonds. The van der Waals surface area contributed by atoms with Crippen LogP contribution < -0.4 is 5.32 Å². The summed E-state index contributed by atoms with van der Waals surface area (Å²) in [5.74, 6) is -0.0620. The van der Waals surface area contributed by atoms with Crippen LogP contribution in [0.4, 0.5) is 0 Å². The minimum Gasteiger partial charge on any atom is -0.465 e. The van der Waals surface area contributed by atoms with Crippen molar-refractivity contribution < 1.29 is 14.3 Å². The van der Waals surface area contributed by atoms with E-state index >= 15 is 0 Å². The minimum atomic E-state index is -0.500. The summed E-state index contributed by atoms with van der Waals surface area (Å²) in [6, 6.07) is 1.01. The molecule has 0 aliphatic carbocycles. The highest BCUT2D eigenvalue weighted by Crippen LogP contribution is 2.40. The fourth-order valence-corrected chi connectivity index (χ4v) is 4.24. The Hall–Kier alpha value is -0.650. The Morgan fingerprint density at radius 2 is 2.05 bits per heavy atom. The molecule has 3 unspecified atom stereocenters. The second-order valence-corrected chi connectivity index (χ2v) is 6.78. The van der Waals surface area contributed by atoms with E-state index in [1.54, 1.807) is 0 Å². The van der Waals surface area contributed by atoms with Gasteiger partial charge in [0.15, 0.2) is 0 Å². The van der Waals surface area contributed by atoms with E-state index in [0.717, 1.165) is 38.8 Å². The van der Waals surface area contributed by atoms with Crippen LogP contribution in [0.5, 0.6) is 0 Å². The van der Waals surface area contributed by atoms with Crippen molar-refractivity contribution in [3.05, 3.63) is 0 Å². The topological polar surface area (TPSA) is 50.8 Å². The summed E-state index contributed by atoms with van der Waals surface area (Å²) in [4.78, 5) is 15.1. The number of ether oxygens (including phenoxy) is 2. The number of rotatable bonds is 5. The number of carbonyl (C=O) groups excluding carboxylic acids is 1. The molecule has 3 fully saturated rings. The fraction of sp³-hybridized carbons (Fsp3) is 0.938. The van der Waals surface area contributed by atoms with Crippen molar-refractivity contribution in [1.29, 1.82) is 0 Å². The molecule has 0 aromatic carbocycles. The van der Waals surface area contributed by atoms with Crippen LogP contribution in [-0.4, -0.2) is 61.4 Å². The van der Waals surface area contributed by atoms with Gasteiger partial charge >= 0.3 is 5.97 Å². The Morgan fingerprint density at radius 1 is 1.33 bits per heavy atom. The van der Waals surface area contributed by atoms with E-state index in [-0.39, 0.29) is 12.1 Å². The number of hydrogen-bond acceptors (Lipinski definition) is 5. The molecule has 21 heavy (non-hydrogen) atoms. The Morgan fingerprint density at radius 3 is 2.62 bits per heavy atom. The molecule has 0 radical (unpaired) electrons. The Balaban J connectivity index is 1.70. The average Bonchev–Trinajstić information content (AvgIpc) is 3.04. The molecule has 3 rings (SSSR count). The second-order valence-electron chi connectivity index (χ2n) is 6.78. The van der Waals surface area contributed by atoms with Gasteiger partial charge in [-0.05, 0) is 52.5 Å². The van der Waals surface area contributed by atoms with Gasteiger partial charge in [-0.3, -0.25) is 10.1 Å². The van der Waals surface area contributed by atoms with Crippen molar-refractivity contribution in [2.45, 2.75) is 69.2 Å². The first-order chi connectivity index (χ1) is 10.1. The average molecular weight is 296 g/mol. The molecule has 0 aromatic heterocycles. The van der Waals surface area contributed by atoms with Crippen molar-refractivity contribution in [3.8, 4) is 0 Å². The summed E-state index contributed by atoms with van der Waals surface area (Å²) in [5.41, 5.74) is -0.500. The third-order valence-electron chi connectivity index (χ3n) is 5.51. The third kappa shape index (κ3) is 2.96. The van der Waals surface area contributed by atoms with Gasteiger partial charge in [-0.25, -0.2) is 0 Å². The van der Waals surface area contributed by atoms with Crippen LogP contribution >= 0.6 is 0 Å². The third-order valence-corrected chi connectivity index (χ3v) is 5.51. The molecular formula is C16H28N2O3. The van der Waals surface area contributed by atoms with Crippen molar-refractivity contribution >= 4 is 5.97 Å². The quantitative estimate of drug-likeness (QED) is 0.775. The van der Waals surface area contributed by atoms with Crippen molar-refractivity contribution in [1.82, 2.24) is 10.2 Å². The summed E-state index contributed by atoms with van der Waals surface area (Å²) in [5, 5.41) is 3.56. The van der Waals surface area contributed by atoms with E-state index in [2.05, 4.69) is 17.3 Å². The molecule has 1 N–H and O–H groups in total. The highest BCUT2D eigenvalue weighted by molar-refractivity contribution is 5.81. The van der Waals surface area contributed by atoms with E-state index in [9.17, 15) is 4.79 Å². The van der Waals surface area contributed by atoms with E-state index in [0.29, 0.717) is 18.7 Å². The van der Waals surface area contributed by atoms with Crippen molar-refractivity contribution in [2.24, 2.45) is 0 Å². The number of nitrogens with one attached hydrogen (secondary N) is 1. The highest BCUT2D eigenvalue weighted by atomic mass is 16.5. The van der Waals surface area contributed by atoms with E-state index in [4.69, 9.17) is 9.47 Å². The largest absolute Gasteiger partial charge is 0.465 e. The van der Waals surface area contributed by atoms with Gasteiger partial charge in [-0.1, -0.05) is 0 Å². The molecule has 2 bridgehead atoms. The molecule has 5 nitrogen and oxygen atoms in total. The van der Waals surface area contributed by atoms with Crippen LogP contribution in [0.1, 0.15) is 45.4 Å². The normalized spacial score (nSPS) is 39.6. The Labute approximate surface area is 127 Å². The fourth-order valence-electron chi connectivity index (χ4n) is 4.24. The zero-order chi connectivity index (χ0) is 14.9. The van der Waals surface area contributed by atoms with Crippen LogP contribution in [0.2, 0.25) is 0 Å². The maximum absolute atomic E-state index is 12.6. The lowest BCUT2D eigenvalue weighted by Crippen LogP contribution is -2.62. The molecule has 120 valence electrons. The molecule has 3 atom stereocenters. The predicted octanol–water partition coefficient (Wildman–Crippen LogP) is 1.31. The molecule has 3 saturated heterocycles. The monoisotopic (exact) mass is 296 g/mol. The van der Waals surface area contributed by atoms with Gasteiger partial charge < -0.3 is 14.4 Å². The summed E-state index contributed by atoms with van der Waals surface area (Å²) in [6.45, 7) is 3.96. The minimum absolute atomic E-state index is 0.0620. The lowest BCUT2D eigenvalue weighted by molar-refractivity contribution is -0.155. The maximum Gasteiger partial charge on any atom is 0.326 e. The second kappa shape index (κ2) is 6.23. The van der Waals surface area contributed by atoms with E-state index in [1.165, 1.54) is 12.8 Å². The number of hydrogen-bond donors (Lipinski definition) is 1. The molecule has 3 aliphatic heterocycles. The van der Waals surface area contributed by atoms with Gasteiger partial charge in [-0.2, -0.15) is 0 Å². The number of esters is 1. The van der Waals surface area contributed by atoms with Gasteiger partial charge in [0, 0.05) is 25.2 Å². The molecule has 0 spiro atoms. The SMILES string of the molecule is CCOC(=O)C1(NCC2CCCO2)CC2CCC(C1)N2C. The van der Waals surface area contributed by atoms with Crippen LogP contribution in [0.3, 0.4) is 0 Å². The van der Waals surface area contributed by atoms with Crippen LogP contribution in [-0.2, 0) is 14.3 Å². The first-order valence-corrected chi connectivity index (χ1v) is 8.40. The van der Waals surface area contributed by atoms with Crippen molar-refractivity contribution in [2.75, 3.05) is 26.8 Å². The smallest absolute Gasteiger partial charge is 0.326 e. The Kier molecular flexibility index (Phi) is 4.52.